The van der Waals surface area contributed by atoms with E-state index in [1.807, 2.05) is 18.2 Å². The number of methoxy groups -OCH3 is 1. The molecule has 0 aliphatic carbocycles. The predicted molar refractivity (Wildman–Crippen MR) is 58.8 cm³/mol. The summed E-state index contributed by atoms with van der Waals surface area (Å²) in [6.45, 7) is 0. The number of nitrogens with zero attached hydrogens (tertiary/aromatic N) is 2. The molecule has 2 aromatic rings. The molecule has 0 aliphatic heterocycles. The minimum absolute atomic E-state index is 0.167. The van der Waals surface area contributed by atoms with E-state index in [0.29, 0.717) is 5.75 Å². The number of benzene rings is 1. The van der Waals surface area contributed by atoms with E-state index in [4.69, 9.17) is 9.84 Å². The Labute approximate surface area is 97.0 Å². The van der Waals surface area contributed by atoms with Crippen molar-refractivity contribution in [2.24, 2.45) is 0 Å². The van der Waals surface area contributed by atoms with Gasteiger partial charge in [0.05, 0.1) is 25.2 Å². The molecule has 0 radical (unpaired) electrons. The van der Waals surface area contributed by atoms with Crippen LogP contribution in [0.3, 0.4) is 0 Å². The lowest BCUT2D eigenvalue weighted by Gasteiger charge is -2.03. The first-order valence-corrected chi connectivity index (χ1v) is 4.79. The van der Waals surface area contributed by atoms with Crippen molar-refractivity contribution in [3.8, 4) is 17.2 Å². The van der Waals surface area contributed by atoms with Crippen LogP contribution >= 0.6 is 0 Å². The number of carboxylic acid groups (broad SMARTS) is 1. The highest BCUT2D eigenvalue weighted by Crippen LogP contribution is 2.18. The summed E-state index contributed by atoms with van der Waals surface area (Å²) in [5.74, 6) is 0.860. The van der Waals surface area contributed by atoms with Gasteiger partial charge in [0.1, 0.15) is 5.75 Å². The number of ether oxygens (including phenoxy) is 2. The summed E-state index contributed by atoms with van der Waals surface area (Å²) in [5.41, 5.74) is 0.754. The van der Waals surface area contributed by atoms with Crippen molar-refractivity contribution >= 4 is 6.16 Å². The zero-order valence-corrected chi connectivity index (χ0v) is 9.03. The molecule has 0 saturated carbocycles. The van der Waals surface area contributed by atoms with Gasteiger partial charge < -0.3 is 14.6 Å². The molecule has 1 aromatic carbocycles. The maximum absolute atomic E-state index is 10.3. The molecule has 0 amide bonds. The third-order valence-electron chi connectivity index (χ3n) is 2.08. The fourth-order valence-electron chi connectivity index (χ4n) is 1.35. The molecule has 0 saturated heterocycles. The lowest BCUT2D eigenvalue weighted by Crippen LogP contribution is -2.01. The van der Waals surface area contributed by atoms with Gasteiger partial charge in [0.2, 0.25) is 0 Å². The average Bonchev–Trinajstić information content (AvgIpc) is 2.77. The molecule has 0 aliphatic rings. The number of aromatic nitrogens is 2. The zero-order chi connectivity index (χ0) is 12.3. The van der Waals surface area contributed by atoms with Crippen molar-refractivity contribution in [1.29, 1.82) is 0 Å². The molecule has 0 fully saturated rings. The van der Waals surface area contributed by atoms with E-state index in [1.54, 1.807) is 13.2 Å². The van der Waals surface area contributed by atoms with Gasteiger partial charge in [-0.2, -0.15) is 5.10 Å². The average molecular weight is 234 g/mol. The summed E-state index contributed by atoms with van der Waals surface area (Å²) in [6, 6.07) is 7.22. The van der Waals surface area contributed by atoms with Gasteiger partial charge in [-0.3, -0.25) is 0 Å². The molecular weight excluding hydrogens is 224 g/mol. The third-order valence-corrected chi connectivity index (χ3v) is 2.08. The number of carbonyl (C=O) groups is 1. The van der Waals surface area contributed by atoms with E-state index < -0.39 is 6.16 Å². The Bertz CT molecular complexity index is 536. The largest absolute Gasteiger partial charge is 0.511 e. The highest BCUT2D eigenvalue weighted by Gasteiger charge is 2.05. The Kier molecular flexibility index (Phi) is 2.95. The summed E-state index contributed by atoms with van der Waals surface area (Å²) < 4.78 is 11.1. The highest BCUT2D eigenvalue weighted by atomic mass is 16.7. The molecular formula is C11H10N2O4. The molecule has 6 heteroatoms. The van der Waals surface area contributed by atoms with Crippen LogP contribution in [0.5, 0.6) is 11.5 Å². The van der Waals surface area contributed by atoms with E-state index in [9.17, 15) is 4.79 Å². The predicted octanol–water partition coefficient (Wildman–Crippen LogP) is 1.94. The third kappa shape index (κ3) is 2.54. The Morgan fingerprint density at radius 2 is 2.24 bits per heavy atom. The van der Waals surface area contributed by atoms with Crippen molar-refractivity contribution in [3.05, 3.63) is 36.7 Å². The van der Waals surface area contributed by atoms with Gasteiger partial charge in [-0.05, 0) is 12.1 Å². The van der Waals surface area contributed by atoms with Crippen LogP contribution < -0.4 is 9.47 Å². The minimum Gasteiger partial charge on any atom is -0.497 e. The second kappa shape index (κ2) is 4.56. The highest BCUT2D eigenvalue weighted by molar-refractivity contribution is 5.60. The van der Waals surface area contributed by atoms with Crippen LogP contribution in [-0.4, -0.2) is 28.2 Å². The normalized spacial score (nSPS) is 9.94. The molecule has 0 bridgehead atoms. The Hall–Kier alpha value is -2.50. The van der Waals surface area contributed by atoms with Crippen LogP contribution in [0, 0.1) is 0 Å². The molecule has 1 aromatic heterocycles. The second-order valence-electron chi connectivity index (χ2n) is 3.19. The topological polar surface area (TPSA) is 73.6 Å². The second-order valence-corrected chi connectivity index (χ2v) is 3.19. The van der Waals surface area contributed by atoms with Crippen LogP contribution in [0.2, 0.25) is 0 Å². The van der Waals surface area contributed by atoms with E-state index >= 15 is 0 Å². The summed E-state index contributed by atoms with van der Waals surface area (Å²) in [7, 11) is 1.57. The van der Waals surface area contributed by atoms with Crippen molar-refractivity contribution in [2.75, 3.05) is 7.11 Å². The van der Waals surface area contributed by atoms with Gasteiger partial charge in [-0.15, -0.1) is 0 Å². The first kappa shape index (κ1) is 11.0. The maximum atomic E-state index is 10.3. The molecule has 6 nitrogen and oxygen atoms in total. The number of hydrogen-bond donors (Lipinski definition) is 1. The lowest BCUT2D eigenvalue weighted by atomic mass is 10.3. The van der Waals surface area contributed by atoms with Crippen LogP contribution in [0.4, 0.5) is 4.79 Å². The molecule has 88 valence electrons. The molecule has 0 atom stereocenters. The molecule has 0 unspecified atom stereocenters. The van der Waals surface area contributed by atoms with Crippen molar-refractivity contribution < 1.29 is 19.4 Å². The zero-order valence-electron chi connectivity index (χ0n) is 9.03. The number of rotatable bonds is 3. The monoisotopic (exact) mass is 234 g/mol. The molecule has 2 rings (SSSR count). The van der Waals surface area contributed by atoms with Crippen LogP contribution in [0.15, 0.2) is 36.7 Å². The number of hydrogen-bond acceptors (Lipinski definition) is 4. The van der Waals surface area contributed by atoms with Crippen molar-refractivity contribution in [1.82, 2.24) is 9.78 Å². The van der Waals surface area contributed by atoms with Crippen molar-refractivity contribution in [2.45, 2.75) is 0 Å². The van der Waals surface area contributed by atoms with Gasteiger partial charge in [-0.25, -0.2) is 9.48 Å². The van der Waals surface area contributed by atoms with Crippen LogP contribution in [0.25, 0.3) is 5.69 Å². The molecule has 17 heavy (non-hydrogen) atoms. The van der Waals surface area contributed by atoms with Gasteiger partial charge in [0, 0.05) is 6.07 Å². The Morgan fingerprint density at radius 3 is 2.94 bits per heavy atom. The molecule has 0 spiro atoms. The summed E-state index contributed by atoms with van der Waals surface area (Å²) in [5, 5.41) is 12.4. The Morgan fingerprint density at radius 1 is 1.41 bits per heavy atom. The fraction of sp³-hybridized carbons (Fsp3) is 0.0909. The summed E-state index contributed by atoms with van der Waals surface area (Å²) in [4.78, 5) is 10.3. The summed E-state index contributed by atoms with van der Waals surface area (Å²) >= 11 is 0. The van der Waals surface area contributed by atoms with Crippen LogP contribution in [0.1, 0.15) is 0 Å². The first-order valence-electron chi connectivity index (χ1n) is 4.79. The van der Waals surface area contributed by atoms with Gasteiger partial charge in [0.15, 0.2) is 5.75 Å². The Balaban J connectivity index is 2.26. The van der Waals surface area contributed by atoms with E-state index in [0.717, 1.165) is 5.69 Å². The van der Waals surface area contributed by atoms with Crippen molar-refractivity contribution in [3.63, 3.8) is 0 Å². The van der Waals surface area contributed by atoms with E-state index in [-0.39, 0.29) is 5.75 Å². The quantitative estimate of drug-likeness (QED) is 0.821. The van der Waals surface area contributed by atoms with Gasteiger partial charge >= 0.3 is 6.16 Å². The van der Waals surface area contributed by atoms with E-state index in [2.05, 4.69) is 9.84 Å². The summed E-state index contributed by atoms with van der Waals surface area (Å²) in [6.07, 6.45) is 1.44. The minimum atomic E-state index is -1.37. The fourth-order valence-corrected chi connectivity index (χ4v) is 1.35. The lowest BCUT2D eigenvalue weighted by molar-refractivity contribution is 0.144. The molecule has 1 heterocycles. The first-order chi connectivity index (χ1) is 8.19. The smallest absolute Gasteiger partial charge is 0.497 e. The SMILES string of the molecule is COc1cccc(-n2cc(OC(=O)O)cn2)c1. The van der Waals surface area contributed by atoms with E-state index in [1.165, 1.54) is 17.1 Å². The molecule has 1 N–H and O–H groups in total. The standard InChI is InChI=1S/C11H10N2O4/c1-16-9-4-2-3-8(5-9)13-7-10(6-12-13)17-11(14)15/h2-7H,1H3,(H,14,15). The maximum Gasteiger partial charge on any atom is 0.511 e. The van der Waals surface area contributed by atoms with Gasteiger partial charge in [-0.1, -0.05) is 6.07 Å². The van der Waals surface area contributed by atoms with Crippen LogP contribution in [-0.2, 0) is 0 Å². The van der Waals surface area contributed by atoms with Gasteiger partial charge in [0.25, 0.3) is 0 Å².